The van der Waals surface area contributed by atoms with Gasteiger partial charge < -0.3 is 9.84 Å². The monoisotopic (exact) mass is 180 g/mol. The Morgan fingerprint density at radius 1 is 1.38 bits per heavy atom. The van der Waals surface area contributed by atoms with Crippen LogP contribution < -0.4 is 4.74 Å². The van der Waals surface area contributed by atoms with E-state index < -0.39 is 0 Å². The molecular formula is C11H16O2. The topological polar surface area (TPSA) is 29.5 Å². The third kappa shape index (κ3) is 2.38. The molecule has 0 saturated carbocycles. The lowest BCUT2D eigenvalue weighted by Crippen LogP contribution is -1.93. The molecule has 0 atom stereocenters. The van der Waals surface area contributed by atoms with E-state index in [4.69, 9.17) is 4.74 Å². The molecule has 0 aromatic heterocycles. The molecule has 1 aromatic carbocycles. The minimum absolute atomic E-state index is 0.230. The smallest absolute Gasteiger partial charge is 0.160 e. The molecular weight excluding hydrogens is 164 g/mol. The Morgan fingerprint density at radius 2 is 2.08 bits per heavy atom. The first kappa shape index (κ1) is 9.90. The molecule has 2 nitrogen and oxygen atoms in total. The summed E-state index contributed by atoms with van der Waals surface area (Å²) in [6, 6.07) is 5.55. The van der Waals surface area contributed by atoms with Crippen LogP contribution >= 0.6 is 0 Å². The molecule has 72 valence electrons. The van der Waals surface area contributed by atoms with E-state index in [1.807, 2.05) is 19.1 Å². The Balaban J connectivity index is 2.92. The third-order valence-electron chi connectivity index (χ3n) is 1.95. The van der Waals surface area contributed by atoms with Crippen LogP contribution in [0.4, 0.5) is 0 Å². The first-order valence-electron chi connectivity index (χ1n) is 4.60. The van der Waals surface area contributed by atoms with Crippen molar-refractivity contribution in [3.63, 3.8) is 0 Å². The highest BCUT2D eigenvalue weighted by Crippen LogP contribution is 2.29. The average molecular weight is 180 g/mol. The van der Waals surface area contributed by atoms with Gasteiger partial charge in [-0.05, 0) is 30.5 Å². The Bertz CT molecular complexity index is 279. The first-order chi connectivity index (χ1) is 6.15. The minimum atomic E-state index is 0.230. The van der Waals surface area contributed by atoms with Gasteiger partial charge in [0.25, 0.3) is 0 Å². The number of hydrogen-bond acceptors (Lipinski definition) is 2. The number of benzene rings is 1. The van der Waals surface area contributed by atoms with E-state index in [1.165, 1.54) is 0 Å². The van der Waals surface area contributed by atoms with Gasteiger partial charge >= 0.3 is 0 Å². The second kappa shape index (κ2) is 4.17. The molecule has 0 spiro atoms. The summed E-state index contributed by atoms with van der Waals surface area (Å²) in [5.41, 5.74) is 1.13. The van der Waals surface area contributed by atoms with Gasteiger partial charge in [-0.3, -0.25) is 0 Å². The fourth-order valence-corrected chi connectivity index (χ4v) is 1.17. The zero-order valence-corrected chi connectivity index (χ0v) is 8.37. The molecule has 0 heterocycles. The van der Waals surface area contributed by atoms with Crippen LogP contribution in [-0.4, -0.2) is 11.7 Å². The minimum Gasteiger partial charge on any atom is -0.504 e. The van der Waals surface area contributed by atoms with Crippen LogP contribution in [0.25, 0.3) is 0 Å². The van der Waals surface area contributed by atoms with E-state index in [2.05, 4.69) is 13.8 Å². The molecule has 1 N–H and O–H groups in total. The van der Waals surface area contributed by atoms with Crippen LogP contribution in [0.2, 0.25) is 0 Å². The summed E-state index contributed by atoms with van der Waals surface area (Å²) in [6.45, 7) is 6.66. The van der Waals surface area contributed by atoms with Crippen molar-refractivity contribution < 1.29 is 9.84 Å². The number of phenolic OH excluding ortho intramolecular Hbond substituents is 1. The average Bonchev–Trinajstić information content (AvgIpc) is 2.08. The molecule has 1 aromatic rings. The summed E-state index contributed by atoms with van der Waals surface area (Å²) in [6.07, 6.45) is 0. The number of phenols is 1. The molecule has 0 bridgehead atoms. The summed E-state index contributed by atoms with van der Waals surface area (Å²) >= 11 is 0. The molecule has 0 fully saturated rings. The maximum Gasteiger partial charge on any atom is 0.160 e. The standard InChI is InChI=1S/C11H16O2/c1-4-13-11-6-5-9(8(2)3)7-10(11)12/h5-8,12H,4H2,1-3H3. The van der Waals surface area contributed by atoms with Crippen LogP contribution in [0, 0.1) is 0 Å². The molecule has 0 amide bonds. The van der Waals surface area contributed by atoms with E-state index in [0.717, 1.165) is 5.56 Å². The maximum absolute atomic E-state index is 9.55. The highest BCUT2D eigenvalue weighted by atomic mass is 16.5. The molecule has 0 unspecified atom stereocenters. The van der Waals surface area contributed by atoms with E-state index in [1.54, 1.807) is 6.07 Å². The van der Waals surface area contributed by atoms with E-state index in [0.29, 0.717) is 18.3 Å². The highest BCUT2D eigenvalue weighted by molar-refractivity contribution is 5.42. The SMILES string of the molecule is CCOc1ccc(C(C)C)cc1O. The van der Waals surface area contributed by atoms with Gasteiger partial charge in [-0.1, -0.05) is 19.9 Å². The van der Waals surface area contributed by atoms with E-state index in [-0.39, 0.29) is 5.75 Å². The summed E-state index contributed by atoms with van der Waals surface area (Å²) in [5, 5.41) is 9.55. The van der Waals surface area contributed by atoms with Crippen LogP contribution in [0.5, 0.6) is 11.5 Å². The lowest BCUT2D eigenvalue weighted by molar-refractivity contribution is 0.318. The molecule has 0 aliphatic rings. The molecule has 2 heteroatoms. The molecule has 0 aliphatic carbocycles. The van der Waals surface area contributed by atoms with Gasteiger partial charge in [-0.25, -0.2) is 0 Å². The van der Waals surface area contributed by atoms with Crippen molar-refractivity contribution in [3.8, 4) is 11.5 Å². The zero-order chi connectivity index (χ0) is 9.84. The zero-order valence-electron chi connectivity index (χ0n) is 8.37. The van der Waals surface area contributed by atoms with Gasteiger partial charge in [-0.15, -0.1) is 0 Å². The molecule has 13 heavy (non-hydrogen) atoms. The second-order valence-electron chi connectivity index (χ2n) is 3.31. The van der Waals surface area contributed by atoms with Crippen molar-refractivity contribution in [1.29, 1.82) is 0 Å². The Hall–Kier alpha value is -1.18. The Morgan fingerprint density at radius 3 is 2.54 bits per heavy atom. The summed E-state index contributed by atoms with van der Waals surface area (Å²) in [7, 11) is 0. The van der Waals surface area contributed by atoms with Gasteiger partial charge in [-0.2, -0.15) is 0 Å². The van der Waals surface area contributed by atoms with Gasteiger partial charge in [0.2, 0.25) is 0 Å². The quantitative estimate of drug-likeness (QED) is 0.775. The maximum atomic E-state index is 9.55. The summed E-state index contributed by atoms with van der Waals surface area (Å²) in [4.78, 5) is 0. The summed E-state index contributed by atoms with van der Waals surface area (Å²) < 4.78 is 5.22. The number of aromatic hydroxyl groups is 1. The summed E-state index contributed by atoms with van der Waals surface area (Å²) in [5.74, 6) is 1.22. The number of rotatable bonds is 3. The lowest BCUT2D eigenvalue weighted by atomic mass is 10.0. The van der Waals surface area contributed by atoms with Crippen molar-refractivity contribution in [1.82, 2.24) is 0 Å². The van der Waals surface area contributed by atoms with Gasteiger partial charge in [0.05, 0.1) is 6.61 Å². The first-order valence-corrected chi connectivity index (χ1v) is 4.60. The molecule has 1 rings (SSSR count). The predicted octanol–water partition coefficient (Wildman–Crippen LogP) is 2.91. The third-order valence-corrected chi connectivity index (χ3v) is 1.95. The number of hydrogen-bond donors (Lipinski definition) is 1. The van der Waals surface area contributed by atoms with E-state index >= 15 is 0 Å². The van der Waals surface area contributed by atoms with Crippen molar-refractivity contribution in [2.45, 2.75) is 26.7 Å². The van der Waals surface area contributed by atoms with Crippen LogP contribution in [0.3, 0.4) is 0 Å². The predicted molar refractivity (Wildman–Crippen MR) is 53.4 cm³/mol. The highest BCUT2D eigenvalue weighted by Gasteiger charge is 2.05. The van der Waals surface area contributed by atoms with Crippen molar-refractivity contribution >= 4 is 0 Å². The van der Waals surface area contributed by atoms with Crippen molar-refractivity contribution in [2.24, 2.45) is 0 Å². The normalized spacial score (nSPS) is 10.5. The van der Waals surface area contributed by atoms with Crippen molar-refractivity contribution in [3.05, 3.63) is 23.8 Å². The molecule has 0 aliphatic heterocycles. The van der Waals surface area contributed by atoms with Crippen LogP contribution in [0.15, 0.2) is 18.2 Å². The fraction of sp³-hybridized carbons (Fsp3) is 0.455. The van der Waals surface area contributed by atoms with Crippen molar-refractivity contribution in [2.75, 3.05) is 6.61 Å². The molecule has 0 radical (unpaired) electrons. The van der Waals surface area contributed by atoms with Gasteiger partial charge in [0.1, 0.15) is 0 Å². The fourth-order valence-electron chi connectivity index (χ4n) is 1.17. The van der Waals surface area contributed by atoms with Gasteiger partial charge in [0, 0.05) is 0 Å². The van der Waals surface area contributed by atoms with Gasteiger partial charge in [0.15, 0.2) is 11.5 Å². The van der Waals surface area contributed by atoms with Crippen LogP contribution in [-0.2, 0) is 0 Å². The Labute approximate surface area is 79.2 Å². The lowest BCUT2D eigenvalue weighted by Gasteiger charge is -2.09. The second-order valence-corrected chi connectivity index (χ2v) is 3.31. The number of ether oxygens (including phenoxy) is 1. The van der Waals surface area contributed by atoms with E-state index in [9.17, 15) is 5.11 Å². The largest absolute Gasteiger partial charge is 0.504 e. The molecule has 0 saturated heterocycles. The van der Waals surface area contributed by atoms with Crippen LogP contribution in [0.1, 0.15) is 32.3 Å². The Kier molecular flexibility index (Phi) is 3.18.